The van der Waals surface area contributed by atoms with Crippen LogP contribution in [0.2, 0.25) is 0 Å². The number of allylic oxidation sites excluding steroid dienone is 9. The van der Waals surface area contributed by atoms with Gasteiger partial charge >= 0.3 is 0 Å². The smallest absolute Gasteiger partial charge is 0.169 e. The second kappa shape index (κ2) is 35.2. The largest absolute Gasteiger partial charge is 0.456 e. The fraction of sp³-hybridized carbons (Fsp3) is 0.0551. The number of hydrogen-bond donors (Lipinski definition) is 1. The second-order valence-corrected chi connectivity index (χ2v) is 36.2. The molecule has 24 aromatic rings. The Morgan fingerprint density at radius 1 is 0.243 bits per heavy atom. The maximum Gasteiger partial charge on any atom is 0.169 e. The van der Waals surface area contributed by atoms with Crippen molar-refractivity contribution in [1.29, 1.82) is 0 Å². The molecule has 13 nitrogen and oxygen atoms in total. The van der Waals surface area contributed by atoms with Gasteiger partial charge in [0.2, 0.25) is 0 Å². The highest BCUT2D eigenvalue weighted by Gasteiger charge is 2.29. The SMILES string of the molecule is C1=CC2=C(C=CC(C3=CCC(C4=NC(c5ccc6oc7ccccc7c6c5)N=C(c5ccccc5)N4)C=C3)C2)CC1.c1ccc2cc(-c3ccc(-c4nc(-c5ccc(-c6ccc7ccccc7c6)cc5)nc(-c5ccc6c(c5)oc5ccccc56)n4)cc3)ccc2c1.c1ccc2cc(-c3ccc(-c4nc(-c5ccc6c(c5)oc5ccccc56)nc(-c5ccc6oc7ccccc7c6c5)n4)cc3)ccc2c1. The maximum absolute atomic E-state index is 6.24. The molecule has 13 heteroatoms. The summed E-state index contributed by atoms with van der Waals surface area (Å²) >= 11 is 0. The van der Waals surface area contributed by atoms with E-state index >= 15 is 0 Å². The molecule has 0 radical (unpaired) electrons. The molecule has 0 amide bonds. The highest BCUT2D eigenvalue weighted by molar-refractivity contribution is 6.13. The number of rotatable bonds is 13. The lowest BCUT2D eigenvalue weighted by molar-refractivity contribution is 0.667. The Morgan fingerprint density at radius 3 is 1.08 bits per heavy atom. The number of hydrogen-bond acceptors (Lipinski definition) is 13. The molecule has 7 heterocycles. The highest BCUT2D eigenvalue weighted by atomic mass is 16.3. The number of benzene rings is 18. The van der Waals surface area contributed by atoms with Crippen LogP contribution >= 0.6 is 0 Å². The van der Waals surface area contributed by atoms with E-state index in [2.05, 4.69) is 351 Å². The van der Waals surface area contributed by atoms with Gasteiger partial charge in [-0.3, -0.25) is 0 Å². The van der Waals surface area contributed by atoms with E-state index in [9.17, 15) is 0 Å². The normalized spacial score (nSPS) is 15.2. The van der Waals surface area contributed by atoms with Crippen LogP contribution in [0.25, 0.3) is 222 Å². The third-order valence-electron chi connectivity index (χ3n) is 27.6. The minimum absolute atomic E-state index is 0.172. The minimum Gasteiger partial charge on any atom is -0.456 e. The van der Waals surface area contributed by atoms with Gasteiger partial charge in [-0.25, -0.2) is 39.9 Å². The first-order valence-electron chi connectivity index (χ1n) is 47.6. The van der Waals surface area contributed by atoms with Gasteiger partial charge in [-0.1, -0.05) is 346 Å². The lowest BCUT2D eigenvalue weighted by Gasteiger charge is -2.28. The molecule has 0 bridgehead atoms. The monoisotopic (exact) mass is 1800 g/mol. The van der Waals surface area contributed by atoms with Gasteiger partial charge in [0.15, 0.2) is 41.1 Å². The predicted molar refractivity (Wildman–Crippen MR) is 571 cm³/mol. The molecule has 6 aromatic heterocycles. The molecule has 662 valence electrons. The summed E-state index contributed by atoms with van der Waals surface area (Å²) in [5.41, 5.74) is 25.6. The van der Waals surface area contributed by atoms with Gasteiger partial charge in [0.25, 0.3) is 0 Å². The number of nitrogens with one attached hydrogen (secondary N) is 1. The Morgan fingerprint density at radius 2 is 0.607 bits per heavy atom. The number of aliphatic imine (C=N–C) groups is 2. The van der Waals surface area contributed by atoms with E-state index in [0.717, 1.165) is 185 Å². The van der Waals surface area contributed by atoms with Crippen molar-refractivity contribution in [3.63, 3.8) is 0 Å². The van der Waals surface area contributed by atoms with Crippen molar-refractivity contribution in [2.45, 2.75) is 31.8 Å². The van der Waals surface area contributed by atoms with Gasteiger partial charge in [0.1, 0.15) is 56.3 Å². The van der Waals surface area contributed by atoms with E-state index in [4.69, 9.17) is 57.6 Å². The summed E-state index contributed by atoms with van der Waals surface area (Å²) in [7, 11) is 0. The Hall–Kier alpha value is -18.2. The first-order chi connectivity index (χ1) is 69.2. The fourth-order valence-electron chi connectivity index (χ4n) is 20.1. The predicted octanol–water partition coefficient (Wildman–Crippen LogP) is 32.7. The third-order valence-corrected chi connectivity index (χ3v) is 27.6. The van der Waals surface area contributed by atoms with Crippen molar-refractivity contribution >= 4 is 132 Å². The van der Waals surface area contributed by atoms with Crippen molar-refractivity contribution in [1.82, 2.24) is 35.2 Å². The second-order valence-electron chi connectivity index (χ2n) is 36.2. The molecule has 0 spiro atoms. The Balaban J connectivity index is 0.000000109. The van der Waals surface area contributed by atoms with Crippen LogP contribution in [0, 0.1) is 11.8 Å². The zero-order chi connectivity index (χ0) is 92.5. The van der Waals surface area contributed by atoms with E-state index in [0.29, 0.717) is 40.9 Å². The van der Waals surface area contributed by atoms with Crippen molar-refractivity contribution in [2.75, 3.05) is 0 Å². The van der Waals surface area contributed by atoms with Crippen molar-refractivity contribution in [3.05, 3.63) is 471 Å². The van der Waals surface area contributed by atoms with Crippen LogP contribution in [0.5, 0.6) is 0 Å². The molecule has 0 saturated heterocycles. The molecule has 1 aliphatic heterocycles. The van der Waals surface area contributed by atoms with E-state index in [1.807, 2.05) is 97.1 Å². The number of fused-ring (bicyclic) bond motifs is 15. The van der Waals surface area contributed by atoms with Gasteiger partial charge in [-0.15, -0.1) is 0 Å². The summed E-state index contributed by atoms with van der Waals surface area (Å²) in [4.78, 5) is 40.5. The lowest BCUT2D eigenvalue weighted by atomic mass is 9.79. The molecule has 140 heavy (non-hydrogen) atoms. The van der Waals surface area contributed by atoms with Gasteiger partial charge in [0, 0.05) is 93.9 Å². The topological polar surface area (TPSA) is 167 Å². The van der Waals surface area contributed by atoms with Gasteiger partial charge < -0.3 is 23.0 Å². The number of para-hydroxylation sites is 4. The summed E-state index contributed by atoms with van der Waals surface area (Å²) in [5.74, 6) is 6.03. The highest BCUT2D eigenvalue weighted by Crippen LogP contribution is 2.43. The van der Waals surface area contributed by atoms with Gasteiger partial charge in [0.05, 0.1) is 0 Å². The van der Waals surface area contributed by atoms with Crippen molar-refractivity contribution in [3.8, 4) is 102 Å². The van der Waals surface area contributed by atoms with Crippen LogP contribution in [-0.4, -0.2) is 41.6 Å². The molecule has 3 unspecified atom stereocenters. The summed E-state index contributed by atoms with van der Waals surface area (Å²) < 4.78 is 24.6. The van der Waals surface area contributed by atoms with E-state index in [-0.39, 0.29) is 12.1 Å². The number of aromatic nitrogens is 6. The van der Waals surface area contributed by atoms with Crippen LogP contribution in [-0.2, 0) is 0 Å². The summed E-state index contributed by atoms with van der Waals surface area (Å²) in [6.45, 7) is 0. The molecule has 0 fully saturated rings. The average Bonchev–Trinajstić information content (AvgIpc) is 1.63. The van der Waals surface area contributed by atoms with E-state index < -0.39 is 0 Å². The molecular weight excluding hydrogens is 1720 g/mol. The molecule has 18 aromatic carbocycles. The van der Waals surface area contributed by atoms with Crippen molar-refractivity contribution in [2.24, 2.45) is 21.8 Å². The lowest BCUT2D eigenvalue weighted by Crippen LogP contribution is -2.39. The van der Waals surface area contributed by atoms with Crippen LogP contribution in [0.3, 0.4) is 0 Å². The molecule has 28 rings (SSSR count). The van der Waals surface area contributed by atoms with E-state index in [1.54, 1.807) is 0 Å². The molecule has 4 aliphatic rings. The van der Waals surface area contributed by atoms with Crippen LogP contribution in [0.15, 0.2) is 487 Å². The quantitative estimate of drug-likeness (QED) is 0.117. The molecule has 3 aliphatic carbocycles. The number of amidine groups is 2. The number of furan rings is 4. The van der Waals surface area contributed by atoms with Gasteiger partial charge in [-0.05, 0) is 211 Å². The van der Waals surface area contributed by atoms with E-state index in [1.165, 1.54) is 66.6 Å². The zero-order valence-electron chi connectivity index (χ0n) is 75.9. The molecule has 3 atom stereocenters. The molecule has 0 saturated carbocycles. The van der Waals surface area contributed by atoms with Crippen molar-refractivity contribution < 1.29 is 17.7 Å². The summed E-state index contributed by atoms with van der Waals surface area (Å²) in [6.07, 6.45) is 20.5. The first kappa shape index (κ1) is 82.5. The molecular formula is C127H85N9O4. The summed E-state index contributed by atoms with van der Waals surface area (Å²) in [5, 5.41) is 19.6. The minimum atomic E-state index is -0.331. The standard InChI is InChI=1S/C47H29N3O.C43H25N3O2.C37H31N3O/c1-3-9-36-27-38(23-17-30(36)7-1)32-13-19-34(20-14-32)45-48-46(35-21-15-33(16-22-35)39-24-18-31-8-2-4-10-37(31)28-39)50-47(49-45)40-25-26-42-41-11-5-6-12-43(41)51-44(42)29-40;1-2-8-29-23-30(18-15-26(29)7-1)27-13-16-28(17-14-27)41-44-42(31-20-22-39-36(24-31)34-10-4-6-12-38(34)47-39)46-43(45-41)32-19-21-35-33-9-3-5-11-37(33)48-40(35)25-32;1-2-9-26(10-3-1)35-38-36(27-17-14-25(15-18-27)29-19-16-24-8-4-5-11-28(24)22-29)40-37(39-35)30-20-21-34-32(23-30)31-12-6-7-13-33(31)41-34/h1-29H;1-25H;1-3,5-7,9-17,19-21,23,27,29,37H,4,8,18,22H2,(H,38,39,40). The average molecular weight is 1800 g/mol. The number of nitrogens with zero attached hydrogens (tertiary/aromatic N) is 8. The molecule has 1 N–H and O–H groups in total. The Kier molecular flexibility index (Phi) is 20.8. The Labute approximate surface area is 805 Å². The Bertz CT molecular complexity index is 9170. The first-order valence-corrected chi connectivity index (χ1v) is 47.6. The zero-order valence-corrected chi connectivity index (χ0v) is 75.9. The fourth-order valence-corrected chi connectivity index (χ4v) is 20.1. The third kappa shape index (κ3) is 15.9. The summed E-state index contributed by atoms with van der Waals surface area (Å²) in [6, 6.07) is 138. The van der Waals surface area contributed by atoms with Crippen LogP contribution in [0.1, 0.15) is 43.0 Å². The van der Waals surface area contributed by atoms with Gasteiger partial charge in [-0.2, -0.15) is 0 Å². The van der Waals surface area contributed by atoms with Crippen LogP contribution in [0.4, 0.5) is 0 Å². The maximum atomic E-state index is 6.24. The van der Waals surface area contributed by atoms with Crippen LogP contribution < -0.4 is 5.32 Å².